The van der Waals surface area contributed by atoms with Crippen LogP contribution in [0.2, 0.25) is 10.0 Å². The van der Waals surface area contributed by atoms with Crippen molar-refractivity contribution >= 4 is 46.4 Å². The highest BCUT2D eigenvalue weighted by atomic mass is 35.5. The van der Waals surface area contributed by atoms with Gasteiger partial charge in [-0.15, -0.1) is 0 Å². The van der Waals surface area contributed by atoms with E-state index >= 15 is 0 Å². The number of benzene rings is 1. The molecule has 1 amide bonds. The maximum Gasteiger partial charge on any atom is 0.230 e. The van der Waals surface area contributed by atoms with E-state index < -0.39 is 5.41 Å². The highest BCUT2D eigenvalue weighted by Gasteiger charge is 2.23. The van der Waals surface area contributed by atoms with Crippen LogP contribution in [0.15, 0.2) is 30.3 Å². The molecule has 0 bridgehead atoms. The summed E-state index contributed by atoms with van der Waals surface area (Å²) in [5.74, 6) is 0.112. The lowest BCUT2D eigenvalue weighted by atomic mass is 9.95. The zero-order chi connectivity index (χ0) is 25.6. The van der Waals surface area contributed by atoms with Crippen molar-refractivity contribution in [2.45, 2.75) is 53.4 Å². The fourth-order valence-corrected chi connectivity index (χ4v) is 4.50. The summed E-state index contributed by atoms with van der Waals surface area (Å²) in [4.78, 5) is 33.8. The van der Waals surface area contributed by atoms with E-state index in [4.69, 9.17) is 23.2 Å². The van der Waals surface area contributed by atoms with E-state index in [1.165, 1.54) is 6.92 Å². The number of pyridine rings is 1. The Kier molecular flexibility index (Phi) is 9.56. The van der Waals surface area contributed by atoms with Gasteiger partial charge in [-0.05, 0) is 57.0 Å². The SMILES string of the molecule is CC(=O)c1ccc(CCCCCN2CCN(c3cccc(Cl)c3Cl)CC2)nc1NC(=O)C(C)(C)C. The van der Waals surface area contributed by atoms with Crippen LogP contribution in [0.3, 0.4) is 0 Å². The second-order valence-electron chi connectivity index (χ2n) is 10.2. The van der Waals surface area contributed by atoms with Crippen molar-refractivity contribution in [3.63, 3.8) is 0 Å². The molecule has 1 aliphatic rings. The predicted molar refractivity (Wildman–Crippen MR) is 145 cm³/mol. The molecule has 2 aromatic rings. The number of hydrogen-bond acceptors (Lipinski definition) is 5. The smallest absolute Gasteiger partial charge is 0.230 e. The number of amides is 1. The fourth-order valence-electron chi connectivity index (χ4n) is 4.08. The molecule has 1 N–H and O–H groups in total. The van der Waals surface area contributed by atoms with Crippen LogP contribution in [-0.4, -0.2) is 54.3 Å². The summed E-state index contributed by atoms with van der Waals surface area (Å²) in [6.07, 6.45) is 4.05. The van der Waals surface area contributed by atoms with Gasteiger partial charge in [-0.25, -0.2) is 4.98 Å². The molecule has 0 atom stereocenters. The van der Waals surface area contributed by atoms with Gasteiger partial charge in [0.2, 0.25) is 5.91 Å². The van der Waals surface area contributed by atoms with Gasteiger partial charge >= 0.3 is 0 Å². The number of nitrogens with zero attached hydrogens (tertiary/aromatic N) is 3. The van der Waals surface area contributed by atoms with Crippen molar-refractivity contribution in [2.24, 2.45) is 5.41 Å². The van der Waals surface area contributed by atoms with E-state index in [-0.39, 0.29) is 11.7 Å². The molecule has 1 fully saturated rings. The van der Waals surface area contributed by atoms with E-state index in [0.717, 1.165) is 69.8 Å². The van der Waals surface area contributed by atoms with Gasteiger partial charge in [0.15, 0.2) is 5.78 Å². The zero-order valence-electron chi connectivity index (χ0n) is 21.2. The number of anilines is 2. The van der Waals surface area contributed by atoms with E-state index in [0.29, 0.717) is 21.4 Å². The van der Waals surface area contributed by atoms with Gasteiger partial charge in [0.1, 0.15) is 5.82 Å². The third-order valence-corrected chi connectivity index (χ3v) is 7.11. The molecular formula is C27H36Cl2N4O2. The summed E-state index contributed by atoms with van der Waals surface area (Å²) in [6.45, 7) is 12.0. The Balaban J connectivity index is 1.43. The highest BCUT2D eigenvalue weighted by molar-refractivity contribution is 6.43. The predicted octanol–water partition coefficient (Wildman–Crippen LogP) is 6.11. The summed E-state index contributed by atoms with van der Waals surface area (Å²) >= 11 is 12.5. The Morgan fingerprint density at radius 3 is 2.37 bits per heavy atom. The van der Waals surface area contributed by atoms with Crippen molar-refractivity contribution in [1.82, 2.24) is 9.88 Å². The van der Waals surface area contributed by atoms with Crippen LogP contribution in [-0.2, 0) is 11.2 Å². The lowest BCUT2D eigenvalue weighted by Crippen LogP contribution is -2.46. The molecule has 3 rings (SSSR count). The summed E-state index contributed by atoms with van der Waals surface area (Å²) in [6, 6.07) is 9.46. The minimum absolute atomic E-state index is 0.106. The molecule has 1 aliphatic heterocycles. The molecule has 0 aliphatic carbocycles. The van der Waals surface area contributed by atoms with Crippen LogP contribution >= 0.6 is 23.2 Å². The van der Waals surface area contributed by atoms with Crippen molar-refractivity contribution in [2.75, 3.05) is 42.9 Å². The molecule has 0 saturated carbocycles. The second-order valence-corrected chi connectivity index (χ2v) is 11.0. The minimum Gasteiger partial charge on any atom is -0.368 e. The van der Waals surface area contributed by atoms with Crippen LogP contribution < -0.4 is 10.2 Å². The molecule has 2 heterocycles. The quantitative estimate of drug-likeness (QED) is 0.320. The number of carbonyl (C=O) groups excluding carboxylic acids is 2. The monoisotopic (exact) mass is 518 g/mol. The molecule has 0 unspecified atom stereocenters. The van der Waals surface area contributed by atoms with Crippen LogP contribution in [0.5, 0.6) is 0 Å². The van der Waals surface area contributed by atoms with Crippen LogP contribution in [0.4, 0.5) is 11.5 Å². The van der Waals surface area contributed by atoms with Crippen LogP contribution in [0.1, 0.15) is 63.0 Å². The van der Waals surface area contributed by atoms with Crippen molar-refractivity contribution in [3.05, 3.63) is 51.6 Å². The van der Waals surface area contributed by atoms with E-state index in [1.54, 1.807) is 6.07 Å². The number of nitrogens with one attached hydrogen (secondary N) is 1. The third-order valence-electron chi connectivity index (χ3n) is 6.30. The van der Waals surface area contributed by atoms with Gasteiger partial charge in [0, 0.05) is 37.3 Å². The maximum atomic E-state index is 12.4. The molecule has 6 nitrogen and oxygen atoms in total. The molecule has 0 radical (unpaired) electrons. The van der Waals surface area contributed by atoms with Crippen molar-refractivity contribution in [3.8, 4) is 0 Å². The molecule has 1 aromatic heterocycles. The summed E-state index contributed by atoms with van der Waals surface area (Å²) in [5, 5.41) is 4.07. The van der Waals surface area contributed by atoms with Gasteiger partial charge in [0.25, 0.3) is 0 Å². The average Bonchev–Trinajstić information content (AvgIpc) is 2.80. The number of rotatable bonds is 9. The Hall–Kier alpha value is -2.15. The number of halogens is 2. The lowest BCUT2D eigenvalue weighted by Gasteiger charge is -2.36. The molecular weight excluding hydrogens is 483 g/mol. The number of aromatic nitrogens is 1. The minimum atomic E-state index is -0.558. The summed E-state index contributed by atoms with van der Waals surface area (Å²) in [5.41, 5.74) is 1.80. The fraction of sp³-hybridized carbons (Fsp3) is 0.519. The number of Topliss-reactive ketones (excluding diaryl/α,β-unsaturated/α-hetero) is 1. The molecule has 1 aromatic carbocycles. The average molecular weight is 520 g/mol. The van der Waals surface area contributed by atoms with Crippen LogP contribution in [0.25, 0.3) is 0 Å². The largest absolute Gasteiger partial charge is 0.368 e. The van der Waals surface area contributed by atoms with E-state index in [2.05, 4.69) is 20.1 Å². The van der Waals surface area contributed by atoms with Gasteiger partial charge in [-0.1, -0.05) is 56.5 Å². The molecule has 8 heteroatoms. The summed E-state index contributed by atoms with van der Waals surface area (Å²) < 4.78 is 0. The first-order valence-corrected chi connectivity index (χ1v) is 13.1. The molecule has 1 saturated heterocycles. The first-order valence-electron chi connectivity index (χ1n) is 12.3. The number of aryl methyl sites for hydroxylation is 1. The molecule has 0 spiro atoms. The van der Waals surface area contributed by atoms with Gasteiger partial charge in [0.05, 0.1) is 21.3 Å². The number of ketones is 1. The number of carbonyl (C=O) groups is 2. The zero-order valence-corrected chi connectivity index (χ0v) is 22.7. The highest BCUT2D eigenvalue weighted by Crippen LogP contribution is 2.33. The Bertz CT molecular complexity index is 1040. The Morgan fingerprint density at radius 1 is 1.00 bits per heavy atom. The molecule has 35 heavy (non-hydrogen) atoms. The van der Waals surface area contributed by atoms with Crippen LogP contribution in [0, 0.1) is 5.41 Å². The first-order chi connectivity index (χ1) is 16.6. The van der Waals surface area contributed by atoms with Gasteiger partial charge in [-0.2, -0.15) is 0 Å². The normalized spacial score (nSPS) is 14.7. The number of piperazine rings is 1. The van der Waals surface area contributed by atoms with Gasteiger partial charge < -0.3 is 10.2 Å². The van der Waals surface area contributed by atoms with E-state index in [1.807, 2.05) is 45.0 Å². The molecule has 190 valence electrons. The number of hydrogen-bond donors (Lipinski definition) is 1. The van der Waals surface area contributed by atoms with E-state index in [9.17, 15) is 9.59 Å². The Morgan fingerprint density at radius 2 is 1.71 bits per heavy atom. The van der Waals surface area contributed by atoms with Gasteiger partial charge in [-0.3, -0.25) is 14.5 Å². The van der Waals surface area contributed by atoms with Crippen molar-refractivity contribution < 1.29 is 9.59 Å². The standard InChI is InChI=1S/C27H36Cl2N4O2/c1-19(34)21-13-12-20(30-25(21)31-26(35)27(2,3)4)9-6-5-7-14-32-15-17-33(18-16-32)23-11-8-10-22(28)24(23)29/h8,10-13H,5-7,9,14-18H2,1-4H3,(H,30,31,35). The number of unbranched alkanes of at least 4 members (excludes halogenated alkanes) is 2. The Labute approximate surface area is 219 Å². The van der Waals surface area contributed by atoms with Crippen molar-refractivity contribution in [1.29, 1.82) is 0 Å². The topological polar surface area (TPSA) is 65.5 Å². The maximum absolute atomic E-state index is 12.4. The second kappa shape index (κ2) is 12.2. The summed E-state index contributed by atoms with van der Waals surface area (Å²) in [7, 11) is 0. The third kappa shape index (κ3) is 7.66. The first kappa shape index (κ1) is 27.4. The lowest BCUT2D eigenvalue weighted by molar-refractivity contribution is -0.123.